The third kappa shape index (κ3) is 17.4. The monoisotopic (exact) mass is 1710 g/mol. The van der Waals surface area contributed by atoms with Crippen molar-refractivity contribution in [3.8, 4) is 0 Å². The van der Waals surface area contributed by atoms with E-state index in [1.54, 1.807) is 0 Å². The smallest absolute Gasteiger partial charge is 0.336 e. The highest BCUT2D eigenvalue weighted by Crippen LogP contribution is 2.76. The minimum absolute atomic E-state index is 0.0158. The number of esters is 2. The van der Waals surface area contributed by atoms with Crippen LogP contribution in [0.4, 0.5) is 0 Å². The lowest BCUT2D eigenvalue weighted by Gasteiger charge is -2.72. The van der Waals surface area contributed by atoms with Crippen molar-refractivity contribution in [1.82, 2.24) is 0 Å². The van der Waals surface area contributed by atoms with E-state index in [9.17, 15) is 117 Å². The highest BCUT2D eigenvalue weighted by atomic mass is 16.8. The Balaban J connectivity index is 0.827. The molecule has 39 nitrogen and oxygen atoms in total. The van der Waals surface area contributed by atoms with Crippen LogP contribution in [0, 0.1) is 50.2 Å². The van der Waals surface area contributed by atoms with Gasteiger partial charge in [-0.15, -0.1) is 6.58 Å². The first kappa shape index (κ1) is 94.9. The van der Waals surface area contributed by atoms with Gasteiger partial charge in [-0.2, -0.15) is 0 Å². The number of hydrogen-bond donors (Lipinski definition) is 22. The zero-order valence-corrected chi connectivity index (χ0v) is 68.5. The van der Waals surface area contributed by atoms with Crippen molar-refractivity contribution in [2.75, 3.05) is 39.6 Å². The highest BCUT2D eigenvalue weighted by molar-refractivity contribution is 5.89. The van der Waals surface area contributed by atoms with Gasteiger partial charge in [0.25, 0.3) is 0 Å². The van der Waals surface area contributed by atoms with Gasteiger partial charge in [0.2, 0.25) is 6.29 Å². The van der Waals surface area contributed by atoms with E-state index in [1.807, 2.05) is 13.8 Å². The van der Waals surface area contributed by atoms with Gasteiger partial charge < -0.3 is 183 Å². The van der Waals surface area contributed by atoms with Crippen molar-refractivity contribution in [2.24, 2.45) is 50.2 Å². The summed E-state index contributed by atoms with van der Waals surface area (Å²) in [6.07, 6.45) is -55.2. The van der Waals surface area contributed by atoms with Gasteiger partial charge in [-0.05, 0) is 118 Å². The lowest BCUT2D eigenvalue weighted by molar-refractivity contribution is -0.390. The third-order valence-electron chi connectivity index (χ3n) is 29.3. The standard InChI is InChI=1S/C80H128O39/c1-12-76(8,104)19-13-14-33(25-81)65(102)113-45-24-80(73(103)119-72-64(55(96)49(90)38(27-83)111-72)118-70-60(101)62(116-69-59(100)52(93)48(89)37(26-82)109-69)61(32(3)108-70)115-68-57(98)50(91)39(28-84)110-68)35(22-74(45,4)5)34-15-16-42-77(9)20-18-44(75(6,7)41(77)17-21-78(42,10)79(34,11)23-43(80)86)114-67-58(99)53(94)51(92)40(112-67)30-106-71-63(54(95)46(87)31(2)107-71)117-66-56(97)47(88)36(85)29-105-66/h12,14-15,31-32,35-64,66-72,81-101,104H,1,13,16-30H2,2-11H3/b33-14+/t31-,32+,35-,36-,37-,38-,39+,40-,41+,42-,43-,44+,45+,46+,47+,48-,49-,50+,51-,52+,53+,54+,55+,56-,57-,58-,59-,60-,61+,62+,63-,64-,66+,67+,68+,69+,70+,71-,72+,76-,77+,78-,79-,80-/m1/s1. The number of hydrogen-bond acceptors (Lipinski definition) is 39. The molecule has 12 rings (SSSR count). The quantitative estimate of drug-likeness (QED) is 0.0175. The first-order valence-corrected chi connectivity index (χ1v) is 41.4. The summed E-state index contributed by atoms with van der Waals surface area (Å²) in [5.74, 6) is -3.44. The molecule has 12 aliphatic rings. The second-order valence-electron chi connectivity index (χ2n) is 37.3. The zero-order chi connectivity index (χ0) is 87.4. The number of aliphatic hydroxyl groups excluding tert-OH is 21. The molecule has 0 amide bonds. The molecule has 0 bridgehead atoms. The van der Waals surface area contributed by atoms with E-state index in [0.717, 1.165) is 5.57 Å². The van der Waals surface area contributed by atoms with Gasteiger partial charge in [0.05, 0.1) is 75.2 Å². The number of rotatable bonds is 25. The summed E-state index contributed by atoms with van der Waals surface area (Å²) in [5, 5.41) is 244. The highest BCUT2D eigenvalue weighted by Gasteiger charge is 2.74. The summed E-state index contributed by atoms with van der Waals surface area (Å²) in [6, 6.07) is 0. The first-order valence-electron chi connectivity index (χ1n) is 41.4. The average Bonchev–Trinajstić information content (AvgIpc) is 1.47. The fourth-order valence-electron chi connectivity index (χ4n) is 21.6. The summed E-state index contributed by atoms with van der Waals surface area (Å²) in [6.45, 7) is 17.7. The first-order chi connectivity index (χ1) is 55.8. The molecular formula is C80H128O39. The van der Waals surface area contributed by atoms with Crippen molar-refractivity contribution in [3.63, 3.8) is 0 Å². The molecule has 682 valence electrons. The van der Waals surface area contributed by atoms with Crippen LogP contribution >= 0.6 is 0 Å². The van der Waals surface area contributed by atoms with Crippen molar-refractivity contribution in [1.29, 1.82) is 0 Å². The fourth-order valence-corrected chi connectivity index (χ4v) is 21.6. The Morgan fingerprint density at radius 1 is 0.521 bits per heavy atom. The van der Waals surface area contributed by atoms with Crippen LogP contribution < -0.4 is 0 Å². The predicted molar refractivity (Wildman–Crippen MR) is 398 cm³/mol. The van der Waals surface area contributed by atoms with Gasteiger partial charge in [-0.3, -0.25) is 4.79 Å². The van der Waals surface area contributed by atoms with E-state index in [4.69, 9.17) is 71.1 Å². The van der Waals surface area contributed by atoms with Crippen molar-refractivity contribution < 1.29 is 193 Å². The maximum atomic E-state index is 16.5. The van der Waals surface area contributed by atoms with E-state index in [0.29, 0.717) is 32.1 Å². The number of ether oxygens (including phenoxy) is 15. The molecule has 0 aromatic rings. The van der Waals surface area contributed by atoms with Gasteiger partial charge >= 0.3 is 11.9 Å². The Bertz CT molecular complexity index is 3510. The lowest BCUT2D eigenvalue weighted by Crippen LogP contribution is -2.70. The van der Waals surface area contributed by atoms with E-state index < -0.39 is 323 Å². The minimum atomic E-state index is -2.24. The topological polar surface area (TPSA) is 618 Å². The van der Waals surface area contributed by atoms with Crippen LogP contribution in [0.2, 0.25) is 0 Å². The molecule has 0 aromatic heterocycles. The van der Waals surface area contributed by atoms with Crippen LogP contribution in [0.3, 0.4) is 0 Å². The Labute approximate surface area is 688 Å². The molecule has 4 saturated carbocycles. The molecule has 119 heavy (non-hydrogen) atoms. The molecular weight excluding hydrogens is 1580 g/mol. The van der Waals surface area contributed by atoms with Crippen LogP contribution in [0.15, 0.2) is 36.0 Å². The van der Waals surface area contributed by atoms with Crippen molar-refractivity contribution in [2.45, 2.75) is 360 Å². The molecule has 7 heterocycles. The van der Waals surface area contributed by atoms with Gasteiger partial charge in [0.15, 0.2) is 43.8 Å². The Kier molecular flexibility index (Phi) is 29.1. The number of fused-ring (bicyclic) bond motifs is 7. The molecule has 39 heteroatoms. The summed E-state index contributed by atoms with van der Waals surface area (Å²) < 4.78 is 91.3. The van der Waals surface area contributed by atoms with Crippen molar-refractivity contribution >= 4 is 11.9 Å². The lowest BCUT2D eigenvalue weighted by atomic mass is 9.33. The Morgan fingerprint density at radius 3 is 1.65 bits per heavy atom. The average molecular weight is 1710 g/mol. The molecule has 7 saturated heterocycles. The SMILES string of the molecule is C=C[C@@](C)(O)CC/C=C(\CO)C(=O)O[C@H]1C[C@]2(C(=O)O[C@@H]3O[C@H](CO)[C@@H](O)[C@H](O)[C@H]3O[C@@H]3O[C@@H](C)[C@H](O[C@@H]4O[C@@H](CO)[C@H](O)[C@H]4O)[C@@H](O[C@@H]4O[C@H](CO)[C@@H](O)[C@H](O)[C@H]4O)[C@H]3O)[C@H](O)C[C@]3(C)C(=CC[C@@H]4[C@@]5(C)CC[C@H](O[C@@H]6O[C@H](CO[C@@H]7O[C@H](C)[C@H](O)[C@H](O)[C@H]7O[C@@H]7OC[C@@H](O)[C@H](O)[C@H]7O)[C@@H](O)[C@H](O)[C@H]6O)C(C)(C)[C@@H]5CC[C@]43C)[C@H]2CC1(C)C. The second kappa shape index (κ2) is 36.5. The Hall–Kier alpha value is -3.24. The van der Waals surface area contributed by atoms with Crippen LogP contribution in [0.5, 0.6) is 0 Å². The molecule has 7 aliphatic heterocycles. The van der Waals surface area contributed by atoms with Gasteiger partial charge in [-0.25, -0.2) is 4.79 Å². The predicted octanol–water partition coefficient (Wildman–Crippen LogP) is -6.10. The van der Waals surface area contributed by atoms with Crippen LogP contribution in [0.25, 0.3) is 0 Å². The summed E-state index contributed by atoms with van der Waals surface area (Å²) >= 11 is 0. The van der Waals surface area contributed by atoms with E-state index in [1.165, 1.54) is 32.9 Å². The fraction of sp³-hybridized carbons (Fsp3) is 0.900. The number of allylic oxidation sites excluding steroid dienone is 3. The van der Waals surface area contributed by atoms with Crippen LogP contribution in [0.1, 0.15) is 133 Å². The number of carbonyl (C=O) groups is 2. The summed E-state index contributed by atoms with van der Waals surface area (Å²) in [4.78, 5) is 31.1. The van der Waals surface area contributed by atoms with Gasteiger partial charge in [0.1, 0.15) is 152 Å². The number of aliphatic hydroxyl groups is 22. The zero-order valence-electron chi connectivity index (χ0n) is 68.5. The normalized spacial score (nSPS) is 51.0. The molecule has 0 aromatic carbocycles. The van der Waals surface area contributed by atoms with Crippen molar-refractivity contribution in [3.05, 3.63) is 36.0 Å². The van der Waals surface area contributed by atoms with Crippen LogP contribution in [-0.2, 0) is 80.6 Å². The molecule has 22 N–H and O–H groups in total. The number of carbonyl (C=O) groups excluding carboxylic acids is 2. The second-order valence-corrected chi connectivity index (χ2v) is 37.3. The maximum absolute atomic E-state index is 16.5. The molecule has 0 radical (unpaired) electrons. The van der Waals surface area contributed by atoms with E-state index >= 15 is 4.79 Å². The van der Waals surface area contributed by atoms with Gasteiger partial charge in [0, 0.05) is 11.8 Å². The van der Waals surface area contributed by atoms with E-state index in [-0.39, 0.29) is 43.1 Å². The Morgan fingerprint density at radius 2 is 1.03 bits per heavy atom. The summed E-state index contributed by atoms with van der Waals surface area (Å²) in [5.41, 5.74) is -6.85. The van der Waals surface area contributed by atoms with Gasteiger partial charge in [-0.1, -0.05) is 72.3 Å². The molecule has 0 spiro atoms. The molecule has 44 atom stereocenters. The van der Waals surface area contributed by atoms with E-state index in [2.05, 4.69) is 47.3 Å². The largest absolute Gasteiger partial charge is 0.458 e. The molecule has 5 aliphatic carbocycles. The molecule has 0 unspecified atom stereocenters. The van der Waals surface area contributed by atoms with Crippen LogP contribution in [-0.4, -0.2) is 391 Å². The summed E-state index contributed by atoms with van der Waals surface area (Å²) in [7, 11) is 0. The molecule has 11 fully saturated rings. The third-order valence-corrected chi connectivity index (χ3v) is 29.3. The minimum Gasteiger partial charge on any atom is -0.458 e. The maximum Gasteiger partial charge on any atom is 0.336 e.